The Bertz CT molecular complexity index is 3530. The molecule has 0 amide bonds. The highest BCUT2D eigenvalue weighted by Gasteiger charge is 2.17. The van der Waals surface area contributed by atoms with Crippen LogP contribution in [0.25, 0.3) is 120 Å². The number of para-hydroxylation sites is 2. The number of fused-ring (bicyclic) bond motifs is 14. The predicted molar refractivity (Wildman–Crippen MR) is 243 cm³/mol. The van der Waals surface area contributed by atoms with Crippen LogP contribution in [0.2, 0.25) is 0 Å². The van der Waals surface area contributed by atoms with Crippen LogP contribution in [0.4, 0.5) is 0 Å². The molecule has 0 N–H and O–H groups in total. The molecule has 12 aromatic rings. The van der Waals surface area contributed by atoms with Crippen LogP contribution in [0.5, 0.6) is 0 Å². The van der Waals surface area contributed by atoms with Crippen molar-refractivity contribution in [1.82, 2.24) is 0 Å². The molecule has 1 aromatic heterocycles. The monoisotopic (exact) mass is 722 g/mol. The van der Waals surface area contributed by atoms with Gasteiger partial charge in [-0.3, -0.25) is 0 Å². The summed E-state index contributed by atoms with van der Waals surface area (Å²) >= 11 is 0. The van der Waals surface area contributed by atoms with Crippen molar-refractivity contribution in [3.05, 3.63) is 206 Å². The van der Waals surface area contributed by atoms with E-state index in [1.54, 1.807) is 0 Å². The van der Waals surface area contributed by atoms with Crippen LogP contribution in [0, 0.1) is 0 Å². The van der Waals surface area contributed by atoms with Crippen LogP contribution in [-0.2, 0) is 0 Å². The van der Waals surface area contributed by atoms with Crippen LogP contribution < -0.4 is 0 Å². The molecular formula is C56H34O. The van der Waals surface area contributed by atoms with E-state index in [-0.39, 0.29) is 0 Å². The van der Waals surface area contributed by atoms with E-state index < -0.39 is 0 Å². The van der Waals surface area contributed by atoms with Gasteiger partial charge >= 0.3 is 0 Å². The molecule has 12 rings (SSSR count). The van der Waals surface area contributed by atoms with Crippen molar-refractivity contribution in [3.63, 3.8) is 0 Å². The van der Waals surface area contributed by atoms with Gasteiger partial charge in [0.15, 0.2) is 0 Å². The zero-order valence-electron chi connectivity index (χ0n) is 31.0. The van der Waals surface area contributed by atoms with Gasteiger partial charge in [0, 0.05) is 16.3 Å². The third-order valence-corrected chi connectivity index (χ3v) is 12.1. The van der Waals surface area contributed by atoms with E-state index in [0.29, 0.717) is 0 Å². The van der Waals surface area contributed by atoms with Gasteiger partial charge in [0.05, 0.1) is 0 Å². The van der Waals surface area contributed by atoms with Crippen LogP contribution in [-0.4, -0.2) is 0 Å². The minimum atomic E-state index is 0.922. The van der Waals surface area contributed by atoms with Gasteiger partial charge in [-0.05, 0) is 105 Å². The molecule has 0 spiro atoms. The highest BCUT2D eigenvalue weighted by molar-refractivity contribution is 6.39. The summed E-state index contributed by atoms with van der Waals surface area (Å²) in [6, 6.07) is 75.1. The van der Waals surface area contributed by atoms with Gasteiger partial charge in [0.1, 0.15) is 11.2 Å². The van der Waals surface area contributed by atoms with E-state index in [0.717, 1.165) is 33.1 Å². The summed E-state index contributed by atoms with van der Waals surface area (Å²) in [7, 11) is 0. The predicted octanol–water partition coefficient (Wildman–Crippen LogP) is 16.0. The van der Waals surface area contributed by atoms with Crippen molar-refractivity contribution in [2.24, 2.45) is 0 Å². The van der Waals surface area contributed by atoms with Gasteiger partial charge in [-0.25, -0.2) is 0 Å². The average Bonchev–Trinajstić information content (AvgIpc) is 3.68. The molecule has 0 radical (unpaired) electrons. The third kappa shape index (κ3) is 4.96. The minimum absolute atomic E-state index is 0.922. The van der Waals surface area contributed by atoms with Crippen LogP contribution >= 0.6 is 0 Å². The van der Waals surface area contributed by atoms with E-state index in [1.165, 1.54) is 87.2 Å². The Morgan fingerprint density at radius 2 is 0.596 bits per heavy atom. The second-order valence-corrected chi connectivity index (χ2v) is 15.2. The molecule has 0 unspecified atom stereocenters. The van der Waals surface area contributed by atoms with Gasteiger partial charge in [-0.15, -0.1) is 0 Å². The lowest BCUT2D eigenvalue weighted by atomic mass is 9.86. The molecular weight excluding hydrogens is 689 g/mol. The first-order valence-electron chi connectivity index (χ1n) is 19.7. The quantitative estimate of drug-likeness (QED) is 0.165. The summed E-state index contributed by atoms with van der Waals surface area (Å²) in [4.78, 5) is 0. The topological polar surface area (TPSA) is 13.1 Å². The first kappa shape index (κ1) is 31.8. The maximum absolute atomic E-state index is 6.31. The number of furan rings is 1. The fourth-order valence-electron chi connectivity index (χ4n) is 9.33. The maximum Gasteiger partial charge on any atom is 0.143 e. The van der Waals surface area contributed by atoms with Crippen molar-refractivity contribution < 1.29 is 4.42 Å². The Balaban J connectivity index is 0.871. The molecule has 1 nitrogen and oxygen atoms in total. The molecule has 1 heterocycles. The van der Waals surface area contributed by atoms with E-state index in [9.17, 15) is 0 Å². The Kier molecular flexibility index (Phi) is 7.00. The SMILES string of the molecule is c1ccc2c(c1)oc1c(-c3ccc(-c4ccc(-c5ccc(-c6ccc7c(c6)c6ccccc6c6c8ccccc8c8ccccc8c76)cc5)cc4)cc3)cccc12. The molecule has 57 heavy (non-hydrogen) atoms. The maximum atomic E-state index is 6.31. The van der Waals surface area contributed by atoms with Crippen molar-refractivity contribution in [3.8, 4) is 44.5 Å². The molecule has 0 fully saturated rings. The molecule has 0 bridgehead atoms. The lowest BCUT2D eigenvalue weighted by molar-refractivity contribution is 0.670. The Morgan fingerprint density at radius 1 is 0.228 bits per heavy atom. The van der Waals surface area contributed by atoms with E-state index >= 15 is 0 Å². The number of benzene rings is 11. The fourth-order valence-corrected chi connectivity index (χ4v) is 9.33. The van der Waals surface area contributed by atoms with Gasteiger partial charge in [-0.1, -0.05) is 194 Å². The summed E-state index contributed by atoms with van der Waals surface area (Å²) in [6.07, 6.45) is 0. The number of rotatable bonds is 4. The summed E-state index contributed by atoms with van der Waals surface area (Å²) in [5.74, 6) is 0. The zero-order chi connectivity index (χ0) is 37.5. The molecule has 11 aromatic carbocycles. The largest absolute Gasteiger partial charge is 0.455 e. The molecule has 0 aliphatic heterocycles. The second kappa shape index (κ2) is 12.5. The summed E-state index contributed by atoms with van der Waals surface area (Å²) in [6.45, 7) is 0. The van der Waals surface area contributed by atoms with Gasteiger partial charge in [-0.2, -0.15) is 0 Å². The Labute approximate surface area is 329 Å². The highest BCUT2D eigenvalue weighted by Crippen LogP contribution is 2.45. The molecule has 1 heteroatoms. The van der Waals surface area contributed by atoms with Gasteiger partial charge in [0.2, 0.25) is 0 Å². The number of hydrogen-bond donors (Lipinski definition) is 0. The van der Waals surface area contributed by atoms with E-state index in [2.05, 4.69) is 194 Å². The smallest absolute Gasteiger partial charge is 0.143 e. The Morgan fingerprint density at radius 3 is 1.12 bits per heavy atom. The van der Waals surface area contributed by atoms with Crippen molar-refractivity contribution in [2.45, 2.75) is 0 Å². The lowest BCUT2D eigenvalue weighted by Crippen LogP contribution is -1.89. The van der Waals surface area contributed by atoms with Gasteiger partial charge in [0.25, 0.3) is 0 Å². The molecule has 0 saturated carbocycles. The van der Waals surface area contributed by atoms with E-state index in [4.69, 9.17) is 4.42 Å². The molecule has 0 atom stereocenters. The van der Waals surface area contributed by atoms with Crippen molar-refractivity contribution >= 4 is 75.8 Å². The Hall–Kier alpha value is -7.48. The molecule has 0 aliphatic carbocycles. The van der Waals surface area contributed by atoms with Crippen molar-refractivity contribution in [1.29, 1.82) is 0 Å². The highest BCUT2D eigenvalue weighted by atomic mass is 16.3. The van der Waals surface area contributed by atoms with Crippen LogP contribution in [0.3, 0.4) is 0 Å². The fraction of sp³-hybridized carbons (Fsp3) is 0. The van der Waals surface area contributed by atoms with Gasteiger partial charge < -0.3 is 4.42 Å². The number of hydrogen-bond acceptors (Lipinski definition) is 1. The third-order valence-electron chi connectivity index (χ3n) is 12.1. The van der Waals surface area contributed by atoms with Crippen LogP contribution in [0.1, 0.15) is 0 Å². The summed E-state index contributed by atoms with van der Waals surface area (Å²) < 4.78 is 6.31. The minimum Gasteiger partial charge on any atom is -0.455 e. The van der Waals surface area contributed by atoms with E-state index in [1.807, 2.05) is 12.1 Å². The first-order chi connectivity index (χ1) is 28.3. The van der Waals surface area contributed by atoms with Crippen molar-refractivity contribution in [2.75, 3.05) is 0 Å². The molecule has 0 saturated heterocycles. The summed E-state index contributed by atoms with van der Waals surface area (Å²) in [5.41, 5.74) is 11.3. The standard InChI is InChI=1S/C56H34O/c1-4-14-47-43(10-1)44-11-2-5-15-48(44)55-50-33-32-41(34-52(50)45-12-3-6-16-49(45)54(47)55)39-26-24-37(25-27-39)35-20-22-36(23-21-35)38-28-30-40(31-29-38)42-17-9-18-51-46-13-7-8-19-53(46)57-56(42)51/h1-34H. The normalized spacial score (nSPS) is 11.9. The first-order valence-corrected chi connectivity index (χ1v) is 19.7. The van der Waals surface area contributed by atoms with Crippen LogP contribution in [0.15, 0.2) is 211 Å². The molecule has 0 aliphatic rings. The second-order valence-electron chi connectivity index (χ2n) is 15.2. The lowest BCUT2D eigenvalue weighted by Gasteiger charge is -2.17. The summed E-state index contributed by atoms with van der Waals surface area (Å²) in [5, 5.41) is 15.4. The molecule has 264 valence electrons. The zero-order valence-corrected chi connectivity index (χ0v) is 31.0. The average molecular weight is 723 g/mol.